The number of carbonyl (C=O) groups is 2. The fourth-order valence-corrected chi connectivity index (χ4v) is 2.61. The lowest BCUT2D eigenvalue weighted by molar-refractivity contribution is -0.138. The van der Waals surface area contributed by atoms with Gasteiger partial charge in [0.2, 0.25) is 0 Å². The fraction of sp³-hybridized carbons (Fsp3) is 0.529. The molecule has 24 heavy (non-hydrogen) atoms. The van der Waals surface area contributed by atoms with Gasteiger partial charge in [-0.15, -0.1) is 0 Å². The van der Waals surface area contributed by atoms with Crippen LogP contribution in [0.2, 0.25) is 0 Å². The Hall–Kier alpha value is -2.12. The molecule has 1 amide bonds. The molecule has 1 saturated heterocycles. The minimum Gasteiger partial charge on any atom is -0.493 e. The first-order chi connectivity index (χ1) is 11.5. The molecule has 1 atom stereocenters. The first kappa shape index (κ1) is 18.2. The highest BCUT2D eigenvalue weighted by atomic mass is 16.5. The summed E-state index contributed by atoms with van der Waals surface area (Å²) in [5.41, 5.74) is -0.422. The number of benzene rings is 1. The van der Waals surface area contributed by atoms with Crippen molar-refractivity contribution >= 4 is 11.9 Å². The Labute approximate surface area is 140 Å². The van der Waals surface area contributed by atoms with Crippen molar-refractivity contribution in [2.75, 3.05) is 33.5 Å². The van der Waals surface area contributed by atoms with E-state index in [0.29, 0.717) is 37.6 Å². The van der Waals surface area contributed by atoms with Crippen LogP contribution >= 0.6 is 0 Å². The number of hydrogen-bond acceptors (Lipinski definition) is 5. The minimum absolute atomic E-state index is 0.161. The van der Waals surface area contributed by atoms with Gasteiger partial charge in [0.05, 0.1) is 25.2 Å². The van der Waals surface area contributed by atoms with Gasteiger partial charge >= 0.3 is 5.97 Å². The molecule has 1 aromatic carbocycles. The van der Waals surface area contributed by atoms with E-state index in [1.54, 1.807) is 31.4 Å². The molecule has 7 heteroatoms. The number of nitrogens with one attached hydrogen (secondary N) is 1. The van der Waals surface area contributed by atoms with Crippen molar-refractivity contribution in [3.05, 3.63) is 29.8 Å². The molecule has 2 N–H and O–H groups in total. The van der Waals surface area contributed by atoms with Crippen LogP contribution in [0.25, 0.3) is 0 Å². The van der Waals surface area contributed by atoms with E-state index in [1.807, 2.05) is 0 Å². The van der Waals surface area contributed by atoms with Crippen molar-refractivity contribution in [2.24, 2.45) is 0 Å². The second-order valence-corrected chi connectivity index (χ2v) is 5.83. The minimum atomic E-state index is -0.962. The van der Waals surface area contributed by atoms with Crippen LogP contribution in [0.1, 0.15) is 29.6 Å². The summed E-state index contributed by atoms with van der Waals surface area (Å²) in [6.07, 6.45) is 1.08. The topological polar surface area (TPSA) is 94.1 Å². The summed E-state index contributed by atoms with van der Waals surface area (Å²) >= 11 is 0. The van der Waals surface area contributed by atoms with Crippen LogP contribution in [0.15, 0.2) is 24.3 Å². The van der Waals surface area contributed by atoms with Gasteiger partial charge in [-0.3, -0.25) is 9.59 Å². The molecule has 1 aliphatic rings. The van der Waals surface area contributed by atoms with Gasteiger partial charge in [-0.2, -0.15) is 0 Å². The molecule has 1 fully saturated rings. The highest BCUT2D eigenvalue weighted by molar-refractivity contribution is 5.95. The van der Waals surface area contributed by atoms with Crippen LogP contribution in [0, 0.1) is 0 Å². The highest BCUT2D eigenvalue weighted by Gasteiger charge is 2.38. The number of aliphatic carboxylic acids is 1. The zero-order valence-corrected chi connectivity index (χ0v) is 13.7. The van der Waals surface area contributed by atoms with Crippen LogP contribution in [0.3, 0.4) is 0 Å². The molecule has 2 rings (SSSR count). The van der Waals surface area contributed by atoms with E-state index in [9.17, 15) is 9.59 Å². The molecule has 0 aromatic heterocycles. The first-order valence-electron chi connectivity index (χ1n) is 7.88. The largest absolute Gasteiger partial charge is 0.493 e. The predicted octanol–water partition coefficient (Wildman–Crippen LogP) is 1.47. The third-order valence-corrected chi connectivity index (χ3v) is 3.83. The Balaban J connectivity index is 1.99. The van der Waals surface area contributed by atoms with Crippen molar-refractivity contribution < 1.29 is 28.9 Å². The lowest BCUT2D eigenvalue weighted by Crippen LogP contribution is -2.50. The maximum atomic E-state index is 12.5. The number of methoxy groups -OCH3 is 1. The van der Waals surface area contributed by atoms with Gasteiger partial charge in [-0.1, -0.05) is 6.07 Å². The monoisotopic (exact) mass is 337 g/mol. The molecule has 0 saturated carbocycles. The summed E-state index contributed by atoms with van der Waals surface area (Å²) in [5.74, 6) is -0.700. The molecule has 1 aromatic rings. The smallest absolute Gasteiger partial charge is 0.305 e. The standard InChI is InChI=1S/C17H23NO6/c1-22-7-3-8-24-14-5-2-4-13(10-14)16(21)18-17(11-15(19)20)6-9-23-12-17/h2,4-5,10H,3,6-9,11-12H2,1H3,(H,18,21)(H,19,20). The van der Waals surface area contributed by atoms with Gasteiger partial charge in [0.1, 0.15) is 5.75 Å². The summed E-state index contributed by atoms with van der Waals surface area (Å²) in [5, 5.41) is 11.9. The first-order valence-corrected chi connectivity index (χ1v) is 7.88. The lowest BCUT2D eigenvalue weighted by atomic mass is 9.93. The predicted molar refractivity (Wildman–Crippen MR) is 86.3 cm³/mol. The normalized spacial score (nSPS) is 19.9. The number of carboxylic acids is 1. The van der Waals surface area contributed by atoms with Crippen molar-refractivity contribution in [1.82, 2.24) is 5.32 Å². The van der Waals surface area contributed by atoms with Crippen LogP contribution < -0.4 is 10.1 Å². The van der Waals surface area contributed by atoms with Gasteiger partial charge in [0, 0.05) is 32.3 Å². The molecule has 1 unspecified atom stereocenters. The number of rotatable bonds is 9. The Morgan fingerprint density at radius 1 is 1.38 bits per heavy atom. The molecule has 7 nitrogen and oxygen atoms in total. The van der Waals surface area contributed by atoms with Crippen molar-refractivity contribution in [3.63, 3.8) is 0 Å². The Kier molecular flexibility index (Phi) is 6.57. The lowest BCUT2D eigenvalue weighted by Gasteiger charge is -2.27. The Bertz CT molecular complexity index is 568. The van der Waals surface area contributed by atoms with Crippen molar-refractivity contribution in [1.29, 1.82) is 0 Å². The van der Waals surface area contributed by atoms with E-state index >= 15 is 0 Å². The quantitative estimate of drug-likeness (QED) is 0.663. The molecule has 1 aliphatic heterocycles. The third kappa shape index (κ3) is 5.21. The molecule has 0 bridgehead atoms. The third-order valence-electron chi connectivity index (χ3n) is 3.83. The van der Waals surface area contributed by atoms with E-state index in [-0.39, 0.29) is 18.9 Å². The summed E-state index contributed by atoms with van der Waals surface area (Å²) < 4.78 is 15.8. The zero-order chi connectivity index (χ0) is 17.4. The Morgan fingerprint density at radius 2 is 2.21 bits per heavy atom. The molecule has 132 valence electrons. The molecule has 0 aliphatic carbocycles. The van der Waals surface area contributed by atoms with E-state index < -0.39 is 11.5 Å². The average molecular weight is 337 g/mol. The van der Waals surface area contributed by atoms with Gasteiger partial charge < -0.3 is 24.6 Å². The number of hydrogen-bond donors (Lipinski definition) is 2. The van der Waals surface area contributed by atoms with Gasteiger partial charge in [0.25, 0.3) is 5.91 Å². The van der Waals surface area contributed by atoms with Gasteiger partial charge in [-0.05, 0) is 24.6 Å². The van der Waals surface area contributed by atoms with Gasteiger partial charge in [0.15, 0.2) is 0 Å². The zero-order valence-electron chi connectivity index (χ0n) is 13.7. The van der Waals surface area contributed by atoms with E-state index in [1.165, 1.54) is 0 Å². The number of amides is 1. The van der Waals surface area contributed by atoms with Crippen LogP contribution in [0.4, 0.5) is 0 Å². The summed E-state index contributed by atoms with van der Waals surface area (Å²) in [6, 6.07) is 6.82. The van der Waals surface area contributed by atoms with Gasteiger partial charge in [-0.25, -0.2) is 0 Å². The Morgan fingerprint density at radius 3 is 2.88 bits per heavy atom. The molecular weight excluding hydrogens is 314 g/mol. The maximum Gasteiger partial charge on any atom is 0.305 e. The van der Waals surface area contributed by atoms with Crippen LogP contribution in [-0.4, -0.2) is 56.1 Å². The van der Waals surface area contributed by atoms with E-state index in [2.05, 4.69) is 5.32 Å². The summed E-state index contributed by atoms with van der Waals surface area (Å²) in [6.45, 7) is 1.75. The molecule has 1 heterocycles. The van der Waals surface area contributed by atoms with Crippen molar-refractivity contribution in [2.45, 2.75) is 24.8 Å². The fourth-order valence-electron chi connectivity index (χ4n) is 2.61. The highest BCUT2D eigenvalue weighted by Crippen LogP contribution is 2.24. The van der Waals surface area contributed by atoms with E-state index in [4.69, 9.17) is 19.3 Å². The van der Waals surface area contributed by atoms with E-state index in [0.717, 1.165) is 6.42 Å². The number of ether oxygens (including phenoxy) is 3. The average Bonchev–Trinajstić information content (AvgIpc) is 2.99. The molecule has 0 radical (unpaired) electrons. The second-order valence-electron chi connectivity index (χ2n) is 5.83. The van der Waals surface area contributed by atoms with Crippen LogP contribution in [-0.2, 0) is 14.3 Å². The summed E-state index contributed by atoms with van der Waals surface area (Å²) in [4.78, 5) is 23.5. The number of carboxylic acid groups (broad SMARTS) is 1. The molecule has 0 spiro atoms. The summed E-state index contributed by atoms with van der Waals surface area (Å²) in [7, 11) is 1.63. The van der Waals surface area contributed by atoms with Crippen LogP contribution in [0.5, 0.6) is 5.75 Å². The molecular formula is C17H23NO6. The second kappa shape index (κ2) is 8.65. The number of carbonyl (C=O) groups excluding carboxylic acids is 1. The SMILES string of the molecule is COCCCOc1cccc(C(=O)NC2(CC(=O)O)CCOC2)c1. The van der Waals surface area contributed by atoms with Crippen molar-refractivity contribution in [3.8, 4) is 5.75 Å². The maximum absolute atomic E-state index is 12.5.